The SMILES string of the molecule is C.C.C.CC(C)C1(C)CC=CC1.CC(C)C1CC/C=C\CCC1.CC(C)C1CCC=CCC1C.CC(C)CC1(C)CC2C=CC1C2. The molecule has 0 heterocycles. The summed E-state index contributed by atoms with van der Waals surface area (Å²) in [4.78, 5) is 0. The Morgan fingerprint density at radius 1 is 0.674 bits per heavy atom. The van der Waals surface area contributed by atoms with Gasteiger partial charge in [0, 0.05) is 0 Å². The molecule has 0 saturated heterocycles. The summed E-state index contributed by atoms with van der Waals surface area (Å²) >= 11 is 0. The van der Waals surface area contributed by atoms with Crippen molar-refractivity contribution in [2.45, 2.75) is 182 Å². The molecule has 0 nitrogen and oxygen atoms in total. The van der Waals surface area contributed by atoms with Gasteiger partial charge in [-0.25, -0.2) is 0 Å². The van der Waals surface area contributed by atoms with Crippen molar-refractivity contribution in [2.24, 2.45) is 64.1 Å². The molecular weight excluding hydrogens is 553 g/mol. The molecule has 0 spiro atoms. The summed E-state index contributed by atoms with van der Waals surface area (Å²) < 4.78 is 0. The normalized spacial score (nSPS) is 31.1. The number of allylic oxidation sites excluding steroid dienone is 8. The molecule has 5 aliphatic carbocycles. The lowest BCUT2D eigenvalue weighted by Gasteiger charge is -2.33. The maximum atomic E-state index is 2.49. The third-order valence-electron chi connectivity index (χ3n) is 12.1. The molecule has 1 fully saturated rings. The van der Waals surface area contributed by atoms with Gasteiger partial charge < -0.3 is 0 Å². The Balaban J connectivity index is 0. The summed E-state index contributed by atoms with van der Waals surface area (Å²) in [5, 5.41) is 0. The van der Waals surface area contributed by atoms with Gasteiger partial charge in [-0.3, -0.25) is 0 Å². The van der Waals surface area contributed by atoms with E-state index < -0.39 is 0 Å². The van der Waals surface area contributed by atoms with E-state index in [2.05, 4.69) is 125 Å². The third-order valence-corrected chi connectivity index (χ3v) is 12.1. The molecule has 2 bridgehead atoms. The van der Waals surface area contributed by atoms with Gasteiger partial charge in [-0.15, -0.1) is 0 Å². The predicted molar refractivity (Wildman–Crippen MR) is 215 cm³/mol. The first-order chi connectivity index (χ1) is 20.3. The lowest BCUT2D eigenvalue weighted by Crippen LogP contribution is -2.23. The molecule has 272 valence electrons. The van der Waals surface area contributed by atoms with E-state index in [0.717, 1.165) is 53.3 Å². The van der Waals surface area contributed by atoms with Crippen LogP contribution < -0.4 is 0 Å². The van der Waals surface area contributed by atoms with Crippen molar-refractivity contribution in [1.82, 2.24) is 0 Å². The van der Waals surface area contributed by atoms with Crippen molar-refractivity contribution in [3.8, 4) is 0 Å². The lowest BCUT2D eigenvalue weighted by molar-refractivity contribution is 0.208. The van der Waals surface area contributed by atoms with Crippen LogP contribution in [0.2, 0.25) is 0 Å². The monoisotopic (exact) mass is 641 g/mol. The second-order valence-electron chi connectivity index (χ2n) is 17.3. The van der Waals surface area contributed by atoms with E-state index in [1.165, 1.54) is 83.5 Å². The Labute approximate surface area is 293 Å². The van der Waals surface area contributed by atoms with Crippen LogP contribution in [0.4, 0.5) is 0 Å². The number of hydrogen-bond donors (Lipinski definition) is 0. The minimum atomic E-state index is 0. The second kappa shape index (κ2) is 23.3. The van der Waals surface area contributed by atoms with Crippen molar-refractivity contribution in [2.75, 3.05) is 0 Å². The molecule has 0 aliphatic heterocycles. The molecule has 0 aromatic heterocycles. The van der Waals surface area contributed by atoms with Crippen molar-refractivity contribution in [3.63, 3.8) is 0 Å². The largest absolute Gasteiger partial charge is 0.0885 e. The van der Waals surface area contributed by atoms with E-state index in [1.807, 2.05) is 0 Å². The Morgan fingerprint density at radius 3 is 1.74 bits per heavy atom. The van der Waals surface area contributed by atoms with Gasteiger partial charge in [-0.1, -0.05) is 147 Å². The van der Waals surface area contributed by atoms with Crippen molar-refractivity contribution < 1.29 is 0 Å². The minimum absolute atomic E-state index is 0. The fourth-order valence-electron chi connectivity index (χ4n) is 8.64. The second-order valence-corrected chi connectivity index (χ2v) is 17.3. The molecule has 0 heteroatoms. The highest BCUT2D eigenvalue weighted by Crippen LogP contribution is 2.54. The van der Waals surface area contributed by atoms with E-state index in [4.69, 9.17) is 0 Å². The molecule has 5 aliphatic rings. The Hall–Kier alpha value is -1.04. The molecule has 6 unspecified atom stereocenters. The van der Waals surface area contributed by atoms with E-state index in [9.17, 15) is 0 Å². The van der Waals surface area contributed by atoms with Crippen LogP contribution in [0.25, 0.3) is 0 Å². The zero-order valence-electron chi connectivity index (χ0n) is 31.0. The van der Waals surface area contributed by atoms with E-state index in [-0.39, 0.29) is 22.3 Å². The zero-order valence-corrected chi connectivity index (χ0v) is 31.0. The Morgan fingerprint density at radius 2 is 1.26 bits per heavy atom. The number of rotatable bonds is 5. The van der Waals surface area contributed by atoms with Gasteiger partial charge in [0.05, 0.1) is 0 Å². The molecule has 0 aromatic rings. The van der Waals surface area contributed by atoms with Crippen LogP contribution >= 0.6 is 0 Å². The standard InChI is InChI=1S/C12H20.2C11H20.C9H16.3CH4/c1-9(2)7-12(3)8-10-4-5-11(12)6-10;1-9(2)11-8-6-4-5-7-10(11)3;1-10(2)11-8-6-4-3-5-7-9-11;1-8(2)9(3)6-4-5-7-9;;;/h4-5,9-11H,6-8H2,1-3H3;4-5,9-11H,6-8H2,1-3H3;3-4,10-11H,5-9H2,1-2H3;4-5,8H,6-7H2,1-3H3;3*1H4/b;;4-3-;;;;. The molecule has 0 aromatic carbocycles. The van der Waals surface area contributed by atoms with Gasteiger partial charge in [0.25, 0.3) is 0 Å². The van der Waals surface area contributed by atoms with Crippen LogP contribution in [0.1, 0.15) is 182 Å². The van der Waals surface area contributed by atoms with Crippen LogP contribution in [0.5, 0.6) is 0 Å². The average molecular weight is 641 g/mol. The maximum absolute atomic E-state index is 2.49. The highest BCUT2D eigenvalue weighted by molar-refractivity contribution is 5.14. The summed E-state index contributed by atoms with van der Waals surface area (Å²) in [5.74, 6) is 8.11. The van der Waals surface area contributed by atoms with E-state index >= 15 is 0 Å². The highest BCUT2D eigenvalue weighted by Gasteiger charge is 2.44. The van der Waals surface area contributed by atoms with Gasteiger partial charge in [0.2, 0.25) is 0 Å². The molecule has 0 amide bonds. The fourth-order valence-corrected chi connectivity index (χ4v) is 8.64. The molecule has 5 rings (SSSR count). The molecule has 0 N–H and O–H groups in total. The molecule has 1 saturated carbocycles. The van der Waals surface area contributed by atoms with Crippen LogP contribution in [-0.4, -0.2) is 0 Å². The average Bonchev–Trinajstić information content (AvgIpc) is 3.58. The maximum Gasteiger partial charge on any atom is -0.0173 e. The van der Waals surface area contributed by atoms with Gasteiger partial charge in [-0.05, 0) is 148 Å². The van der Waals surface area contributed by atoms with Gasteiger partial charge in [0.15, 0.2) is 0 Å². The minimum Gasteiger partial charge on any atom is -0.0885 e. The zero-order chi connectivity index (χ0) is 32.0. The van der Waals surface area contributed by atoms with Crippen molar-refractivity contribution in [1.29, 1.82) is 0 Å². The van der Waals surface area contributed by atoms with Crippen LogP contribution in [-0.2, 0) is 0 Å². The van der Waals surface area contributed by atoms with E-state index in [0.29, 0.717) is 10.8 Å². The van der Waals surface area contributed by atoms with E-state index in [1.54, 1.807) is 0 Å². The van der Waals surface area contributed by atoms with Gasteiger partial charge in [-0.2, -0.15) is 0 Å². The molecular formula is C46H88. The topological polar surface area (TPSA) is 0 Å². The number of hydrogen-bond acceptors (Lipinski definition) is 0. The first-order valence-electron chi connectivity index (χ1n) is 18.9. The summed E-state index contributed by atoms with van der Waals surface area (Å²) in [6.07, 6.45) is 36.7. The summed E-state index contributed by atoms with van der Waals surface area (Å²) in [6, 6.07) is 0. The molecule has 46 heavy (non-hydrogen) atoms. The summed E-state index contributed by atoms with van der Waals surface area (Å²) in [6.45, 7) is 26.0. The first-order valence-corrected chi connectivity index (χ1v) is 18.9. The van der Waals surface area contributed by atoms with Gasteiger partial charge in [0.1, 0.15) is 0 Å². The Kier molecular flexibility index (Phi) is 23.9. The fraction of sp³-hybridized carbons (Fsp3) is 0.826. The Bertz CT molecular complexity index is 854. The molecule has 6 atom stereocenters. The first kappa shape index (κ1) is 47.1. The summed E-state index contributed by atoms with van der Waals surface area (Å²) in [7, 11) is 0. The predicted octanol–water partition coefficient (Wildman–Crippen LogP) is 16.0. The third kappa shape index (κ3) is 15.9. The quantitative estimate of drug-likeness (QED) is 0.262. The smallest absolute Gasteiger partial charge is 0.0173 e. The highest BCUT2D eigenvalue weighted by atomic mass is 14.5. The van der Waals surface area contributed by atoms with Crippen LogP contribution in [0, 0.1) is 64.1 Å². The molecule has 0 radical (unpaired) electrons. The van der Waals surface area contributed by atoms with Crippen molar-refractivity contribution in [3.05, 3.63) is 48.6 Å². The lowest BCUT2D eigenvalue weighted by atomic mass is 9.72. The van der Waals surface area contributed by atoms with Crippen molar-refractivity contribution >= 4 is 0 Å². The van der Waals surface area contributed by atoms with Gasteiger partial charge >= 0.3 is 0 Å². The van der Waals surface area contributed by atoms with Crippen LogP contribution in [0.15, 0.2) is 48.6 Å². The van der Waals surface area contributed by atoms with Crippen LogP contribution in [0.3, 0.4) is 0 Å². The summed E-state index contributed by atoms with van der Waals surface area (Å²) in [5.41, 5.74) is 1.23. The number of fused-ring (bicyclic) bond motifs is 2.